The van der Waals surface area contributed by atoms with Gasteiger partial charge in [0.1, 0.15) is 5.82 Å². The maximum Gasteiger partial charge on any atom is 0.303 e. The molecule has 0 radical (unpaired) electrons. The summed E-state index contributed by atoms with van der Waals surface area (Å²) in [4.78, 5) is 22.0. The Bertz CT molecular complexity index is 460. The first-order valence-corrected chi connectivity index (χ1v) is 6.27. The first-order chi connectivity index (χ1) is 9.00. The predicted octanol–water partition coefficient (Wildman–Crippen LogP) is 2.51. The Morgan fingerprint density at radius 3 is 2.63 bits per heavy atom. The minimum atomic E-state index is -0.800. The van der Waals surface area contributed by atoms with Crippen molar-refractivity contribution < 1.29 is 19.1 Å². The Balaban J connectivity index is 2.27. The lowest BCUT2D eigenvalue weighted by Crippen LogP contribution is -2.24. The summed E-state index contributed by atoms with van der Waals surface area (Å²) in [5.41, 5.74) is 0.874. The Kier molecular flexibility index (Phi) is 5.99. The number of carbonyl (C=O) groups excluding carboxylic acids is 1. The topological polar surface area (TPSA) is 66.4 Å². The smallest absolute Gasteiger partial charge is 0.303 e. The van der Waals surface area contributed by atoms with Crippen LogP contribution in [-0.2, 0) is 4.79 Å². The maximum atomic E-state index is 13.0. The molecule has 0 aliphatic rings. The average Bonchev–Trinajstić information content (AvgIpc) is 2.36. The Morgan fingerprint density at radius 1 is 1.26 bits per heavy atom. The van der Waals surface area contributed by atoms with Gasteiger partial charge in [0.25, 0.3) is 5.91 Å². The van der Waals surface area contributed by atoms with Gasteiger partial charge in [0.15, 0.2) is 0 Å². The highest BCUT2D eigenvalue weighted by molar-refractivity contribution is 5.94. The molecule has 0 aliphatic carbocycles. The van der Waals surface area contributed by atoms with Crippen molar-refractivity contribution in [3.8, 4) is 0 Å². The standard InChI is InChI=1S/C14H18FNO3/c1-10-9-11(6-7-12(10)15)14(19)16-8-4-2-3-5-13(17)18/h6-7,9H,2-5,8H2,1H3,(H,16,19)(H,17,18). The van der Waals surface area contributed by atoms with Gasteiger partial charge in [0, 0.05) is 18.5 Å². The highest BCUT2D eigenvalue weighted by Gasteiger charge is 2.06. The number of carbonyl (C=O) groups is 2. The molecule has 104 valence electrons. The number of carboxylic acids is 1. The minimum Gasteiger partial charge on any atom is -0.481 e. The molecule has 1 rings (SSSR count). The average molecular weight is 267 g/mol. The number of hydrogen-bond donors (Lipinski definition) is 2. The second-order valence-electron chi connectivity index (χ2n) is 4.42. The number of amides is 1. The zero-order chi connectivity index (χ0) is 14.3. The predicted molar refractivity (Wildman–Crippen MR) is 69.6 cm³/mol. The van der Waals surface area contributed by atoms with Crippen molar-refractivity contribution >= 4 is 11.9 Å². The second kappa shape index (κ2) is 7.51. The quantitative estimate of drug-likeness (QED) is 0.746. The monoisotopic (exact) mass is 267 g/mol. The van der Waals surface area contributed by atoms with Crippen molar-refractivity contribution in [3.05, 3.63) is 35.1 Å². The molecule has 0 aliphatic heterocycles. The molecule has 0 bridgehead atoms. The zero-order valence-electron chi connectivity index (χ0n) is 10.9. The lowest BCUT2D eigenvalue weighted by molar-refractivity contribution is -0.137. The molecule has 0 heterocycles. The largest absolute Gasteiger partial charge is 0.481 e. The van der Waals surface area contributed by atoms with Crippen LogP contribution in [0.5, 0.6) is 0 Å². The van der Waals surface area contributed by atoms with Gasteiger partial charge in [-0.2, -0.15) is 0 Å². The maximum absolute atomic E-state index is 13.0. The normalized spacial score (nSPS) is 10.2. The summed E-state index contributed by atoms with van der Waals surface area (Å²) in [7, 11) is 0. The van der Waals surface area contributed by atoms with Crippen LogP contribution in [0.15, 0.2) is 18.2 Å². The molecule has 1 aromatic carbocycles. The molecule has 4 nitrogen and oxygen atoms in total. The highest BCUT2D eigenvalue weighted by Crippen LogP contribution is 2.09. The van der Waals surface area contributed by atoms with Crippen LogP contribution in [0.25, 0.3) is 0 Å². The fraction of sp³-hybridized carbons (Fsp3) is 0.429. The number of halogens is 1. The highest BCUT2D eigenvalue weighted by atomic mass is 19.1. The first kappa shape index (κ1) is 15.1. The number of rotatable bonds is 7. The van der Waals surface area contributed by atoms with Gasteiger partial charge in [0.2, 0.25) is 0 Å². The number of unbranched alkanes of at least 4 members (excludes halogenated alkanes) is 2. The second-order valence-corrected chi connectivity index (χ2v) is 4.42. The lowest BCUT2D eigenvalue weighted by atomic mass is 10.1. The van der Waals surface area contributed by atoms with Crippen molar-refractivity contribution in [2.45, 2.75) is 32.6 Å². The van der Waals surface area contributed by atoms with E-state index in [1.165, 1.54) is 18.2 Å². The molecule has 19 heavy (non-hydrogen) atoms. The SMILES string of the molecule is Cc1cc(C(=O)NCCCCCC(=O)O)ccc1F. The van der Waals surface area contributed by atoms with Crippen LogP contribution >= 0.6 is 0 Å². The fourth-order valence-electron chi connectivity index (χ4n) is 1.67. The molecule has 0 saturated carbocycles. The van der Waals surface area contributed by atoms with Crippen LogP contribution < -0.4 is 5.32 Å². The minimum absolute atomic E-state index is 0.158. The zero-order valence-corrected chi connectivity index (χ0v) is 10.9. The van der Waals surface area contributed by atoms with Gasteiger partial charge in [-0.15, -0.1) is 0 Å². The fourth-order valence-corrected chi connectivity index (χ4v) is 1.67. The van der Waals surface area contributed by atoms with Gasteiger partial charge in [-0.05, 0) is 43.5 Å². The number of carboxylic acid groups (broad SMARTS) is 1. The number of aliphatic carboxylic acids is 1. The Labute approximate surface area is 111 Å². The van der Waals surface area contributed by atoms with E-state index < -0.39 is 5.97 Å². The molecule has 1 amide bonds. The van der Waals surface area contributed by atoms with Gasteiger partial charge < -0.3 is 10.4 Å². The van der Waals surface area contributed by atoms with Crippen molar-refractivity contribution in [1.29, 1.82) is 0 Å². The summed E-state index contributed by atoms with van der Waals surface area (Å²) in [5, 5.41) is 11.2. The number of hydrogen-bond acceptors (Lipinski definition) is 2. The summed E-state index contributed by atoms with van der Waals surface area (Å²) >= 11 is 0. The van der Waals surface area contributed by atoms with Crippen LogP contribution in [0.4, 0.5) is 4.39 Å². The molecular formula is C14H18FNO3. The van der Waals surface area contributed by atoms with Gasteiger partial charge in [-0.1, -0.05) is 6.42 Å². The Morgan fingerprint density at radius 2 is 2.00 bits per heavy atom. The van der Waals surface area contributed by atoms with E-state index >= 15 is 0 Å². The summed E-state index contributed by atoms with van der Waals surface area (Å²) in [5.74, 6) is -1.36. The van der Waals surface area contributed by atoms with Crippen molar-refractivity contribution in [3.63, 3.8) is 0 Å². The molecular weight excluding hydrogens is 249 g/mol. The summed E-state index contributed by atoms with van der Waals surface area (Å²) in [6.07, 6.45) is 2.26. The van der Waals surface area contributed by atoms with Gasteiger partial charge in [-0.3, -0.25) is 9.59 Å². The van der Waals surface area contributed by atoms with E-state index in [4.69, 9.17) is 5.11 Å². The lowest BCUT2D eigenvalue weighted by Gasteiger charge is -2.06. The van der Waals surface area contributed by atoms with E-state index in [9.17, 15) is 14.0 Å². The van der Waals surface area contributed by atoms with Crippen LogP contribution in [0.2, 0.25) is 0 Å². The molecule has 0 fully saturated rings. The van der Waals surface area contributed by atoms with Crippen LogP contribution in [0.3, 0.4) is 0 Å². The molecule has 0 spiro atoms. The molecule has 2 N–H and O–H groups in total. The van der Waals surface area contributed by atoms with E-state index in [1.54, 1.807) is 6.92 Å². The third kappa shape index (κ3) is 5.50. The summed E-state index contributed by atoms with van der Waals surface area (Å²) in [6, 6.07) is 4.23. The van der Waals surface area contributed by atoms with E-state index in [2.05, 4.69) is 5.32 Å². The van der Waals surface area contributed by atoms with Crippen LogP contribution in [0, 0.1) is 12.7 Å². The molecule has 0 aromatic heterocycles. The third-order valence-electron chi connectivity index (χ3n) is 2.77. The van der Waals surface area contributed by atoms with Crippen LogP contribution in [0.1, 0.15) is 41.6 Å². The molecule has 0 saturated heterocycles. The van der Waals surface area contributed by atoms with E-state index in [1.807, 2.05) is 0 Å². The van der Waals surface area contributed by atoms with Gasteiger partial charge in [-0.25, -0.2) is 4.39 Å². The molecule has 0 unspecified atom stereocenters. The third-order valence-corrected chi connectivity index (χ3v) is 2.77. The summed E-state index contributed by atoms with van der Waals surface area (Å²) < 4.78 is 13.0. The summed E-state index contributed by atoms with van der Waals surface area (Å²) in [6.45, 7) is 2.10. The number of aryl methyl sites for hydroxylation is 1. The molecule has 1 aromatic rings. The van der Waals surface area contributed by atoms with Gasteiger partial charge in [0.05, 0.1) is 0 Å². The van der Waals surface area contributed by atoms with E-state index in [0.29, 0.717) is 24.1 Å². The number of nitrogens with one attached hydrogen (secondary N) is 1. The van der Waals surface area contributed by atoms with Crippen LogP contribution in [-0.4, -0.2) is 23.5 Å². The van der Waals surface area contributed by atoms with Crippen molar-refractivity contribution in [1.82, 2.24) is 5.32 Å². The molecule has 5 heteroatoms. The molecule has 0 atom stereocenters. The van der Waals surface area contributed by atoms with Crippen molar-refractivity contribution in [2.24, 2.45) is 0 Å². The number of benzene rings is 1. The van der Waals surface area contributed by atoms with Gasteiger partial charge >= 0.3 is 5.97 Å². The first-order valence-electron chi connectivity index (χ1n) is 6.27. The van der Waals surface area contributed by atoms with Crippen molar-refractivity contribution in [2.75, 3.05) is 6.54 Å². The van der Waals surface area contributed by atoms with E-state index in [-0.39, 0.29) is 18.1 Å². The Hall–Kier alpha value is -1.91. The van der Waals surface area contributed by atoms with E-state index in [0.717, 1.165) is 12.8 Å².